The van der Waals surface area contributed by atoms with Gasteiger partial charge >= 0.3 is 5.97 Å². The van der Waals surface area contributed by atoms with E-state index in [0.29, 0.717) is 32.7 Å². The van der Waals surface area contributed by atoms with Crippen LogP contribution in [0.2, 0.25) is 10.0 Å². The molecule has 4 rings (SSSR count). The summed E-state index contributed by atoms with van der Waals surface area (Å²) in [6, 6.07) is 16.6. The Morgan fingerprint density at radius 1 is 1.10 bits per heavy atom. The van der Waals surface area contributed by atoms with Crippen molar-refractivity contribution in [1.82, 2.24) is 0 Å². The first-order valence-corrected chi connectivity index (χ1v) is 15.1. The van der Waals surface area contributed by atoms with Crippen molar-refractivity contribution in [3.63, 3.8) is 0 Å². The van der Waals surface area contributed by atoms with Crippen LogP contribution in [0.15, 0.2) is 78.4 Å². The van der Waals surface area contributed by atoms with E-state index < -0.39 is 5.97 Å². The number of nitrogens with one attached hydrogen (secondary N) is 1. The molecule has 1 aliphatic rings. The van der Waals surface area contributed by atoms with Crippen LogP contribution in [-0.2, 0) is 17.6 Å². The molecule has 1 aliphatic carbocycles. The smallest absolute Gasteiger partial charge is 0.315 e. The molecule has 0 fully saturated rings. The van der Waals surface area contributed by atoms with Crippen molar-refractivity contribution in [3.05, 3.63) is 105 Å². The summed E-state index contributed by atoms with van der Waals surface area (Å²) in [6.07, 6.45) is 8.15. The van der Waals surface area contributed by atoms with Crippen molar-refractivity contribution in [2.75, 3.05) is 5.32 Å². The van der Waals surface area contributed by atoms with Gasteiger partial charge in [-0.25, -0.2) is 0 Å². The third kappa shape index (κ3) is 7.75. The molecule has 6 heteroatoms. The van der Waals surface area contributed by atoms with E-state index >= 15 is 0 Å². The minimum Gasteiger partial charge on any atom is -0.507 e. The second-order valence-corrected chi connectivity index (χ2v) is 11.9. The van der Waals surface area contributed by atoms with E-state index in [9.17, 15) is 9.90 Å². The normalized spacial score (nSPS) is 16.7. The number of carbonyl (C=O) groups excluding carboxylic acids is 1. The van der Waals surface area contributed by atoms with E-state index in [0.717, 1.165) is 55.2 Å². The van der Waals surface area contributed by atoms with Crippen molar-refractivity contribution in [2.24, 2.45) is 5.92 Å². The Balaban J connectivity index is 1.66. The summed E-state index contributed by atoms with van der Waals surface area (Å²) in [5.74, 6) is 0.199. The van der Waals surface area contributed by atoms with Gasteiger partial charge in [-0.05, 0) is 86.9 Å². The number of hydrogen-bond acceptors (Lipinski definition) is 4. The molecule has 0 radical (unpaired) electrons. The second-order valence-electron chi connectivity index (χ2n) is 11.0. The largest absolute Gasteiger partial charge is 0.507 e. The van der Waals surface area contributed by atoms with Gasteiger partial charge in [0.15, 0.2) is 0 Å². The molecule has 0 aliphatic heterocycles. The lowest BCUT2D eigenvalue weighted by Crippen LogP contribution is -2.20. The quantitative estimate of drug-likeness (QED) is 0.101. The van der Waals surface area contributed by atoms with E-state index in [1.54, 1.807) is 18.2 Å². The van der Waals surface area contributed by atoms with Crippen molar-refractivity contribution in [1.29, 1.82) is 0 Å². The molecule has 2 atom stereocenters. The number of hydrogen-bond donors (Lipinski definition) is 2. The summed E-state index contributed by atoms with van der Waals surface area (Å²) in [5.41, 5.74) is 5.96. The zero-order valence-corrected chi connectivity index (χ0v) is 25.6. The summed E-state index contributed by atoms with van der Waals surface area (Å²) >= 11 is 12.8. The van der Waals surface area contributed by atoms with Crippen LogP contribution < -0.4 is 10.1 Å². The number of phenols is 1. The van der Waals surface area contributed by atoms with E-state index in [1.807, 2.05) is 43.3 Å². The van der Waals surface area contributed by atoms with Crippen LogP contribution in [0.4, 0.5) is 11.4 Å². The first-order chi connectivity index (χ1) is 19.7. The lowest BCUT2D eigenvalue weighted by Gasteiger charge is -2.32. The average molecular weight is 593 g/mol. The highest BCUT2D eigenvalue weighted by Gasteiger charge is 2.31. The Hall–Kier alpha value is -3.21. The number of phenolic OH excluding ortho intramolecular Hbond substituents is 1. The SMILES string of the molecule is C=C(C)C1CCC(C)=CC1c1c(O)cc(CCCCC)cc1OC(=O)Cc1ccccc1Nc1c(Cl)cccc1Cl. The molecular weight excluding hydrogens is 553 g/mol. The van der Waals surface area contributed by atoms with Gasteiger partial charge in [0.2, 0.25) is 0 Å². The second kappa shape index (κ2) is 14.1. The molecular formula is C35H39Cl2NO3. The third-order valence-corrected chi connectivity index (χ3v) is 8.39. The van der Waals surface area contributed by atoms with Gasteiger partial charge in [0, 0.05) is 17.2 Å². The maximum Gasteiger partial charge on any atom is 0.315 e. The summed E-state index contributed by atoms with van der Waals surface area (Å²) < 4.78 is 6.11. The van der Waals surface area contributed by atoms with E-state index in [4.69, 9.17) is 27.9 Å². The molecule has 0 bridgehead atoms. The van der Waals surface area contributed by atoms with Crippen molar-refractivity contribution < 1.29 is 14.6 Å². The number of esters is 1. The van der Waals surface area contributed by atoms with Gasteiger partial charge in [0.1, 0.15) is 11.5 Å². The number of allylic oxidation sites excluding steroid dienone is 3. The maximum absolute atomic E-state index is 13.5. The number of benzene rings is 3. The molecule has 0 saturated heterocycles. The van der Waals surface area contributed by atoms with Crippen molar-refractivity contribution in [2.45, 2.75) is 71.6 Å². The molecule has 0 spiro atoms. The molecule has 0 aromatic heterocycles. The number of aromatic hydroxyl groups is 1. The van der Waals surface area contributed by atoms with Gasteiger partial charge < -0.3 is 15.2 Å². The molecule has 0 amide bonds. The summed E-state index contributed by atoms with van der Waals surface area (Å²) in [7, 11) is 0. The lowest BCUT2D eigenvalue weighted by molar-refractivity contribution is -0.133. The Kier molecular flexibility index (Phi) is 10.6. The Bertz CT molecular complexity index is 1430. The number of rotatable bonds is 11. The van der Waals surface area contributed by atoms with Crippen LogP contribution in [0.5, 0.6) is 11.5 Å². The van der Waals surface area contributed by atoms with Crippen LogP contribution in [-0.4, -0.2) is 11.1 Å². The molecule has 0 heterocycles. The predicted octanol–water partition coefficient (Wildman–Crippen LogP) is 10.3. The highest BCUT2D eigenvalue weighted by molar-refractivity contribution is 6.39. The monoisotopic (exact) mass is 591 g/mol. The van der Waals surface area contributed by atoms with Gasteiger partial charge in [-0.15, -0.1) is 0 Å². The molecule has 4 nitrogen and oxygen atoms in total. The summed E-state index contributed by atoms with van der Waals surface area (Å²) in [6.45, 7) is 10.5. The zero-order chi connectivity index (χ0) is 29.5. The minimum atomic E-state index is -0.417. The Labute approximate surface area is 254 Å². The van der Waals surface area contributed by atoms with Crippen LogP contribution in [0, 0.1) is 5.92 Å². The van der Waals surface area contributed by atoms with Gasteiger partial charge in [-0.3, -0.25) is 4.79 Å². The highest BCUT2D eigenvalue weighted by atomic mass is 35.5. The van der Waals surface area contributed by atoms with Crippen LogP contribution in [0.1, 0.15) is 75.5 Å². The predicted molar refractivity (Wildman–Crippen MR) is 171 cm³/mol. The molecule has 41 heavy (non-hydrogen) atoms. The zero-order valence-electron chi connectivity index (χ0n) is 24.1. The minimum absolute atomic E-state index is 0.0228. The van der Waals surface area contributed by atoms with E-state index in [2.05, 4.69) is 31.8 Å². The molecule has 2 unspecified atom stereocenters. The van der Waals surface area contributed by atoms with Crippen LogP contribution in [0.25, 0.3) is 0 Å². The number of carbonyl (C=O) groups is 1. The molecule has 3 aromatic carbocycles. The van der Waals surface area contributed by atoms with E-state index in [1.165, 1.54) is 5.57 Å². The number of aryl methyl sites for hydroxylation is 1. The first-order valence-electron chi connectivity index (χ1n) is 14.4. The Morgan fingerprint density at radius 3 is 2.54 bits per heavy atom. The lowest BCUT2D eigenvalue weighted by atomic mass is 9.73. The van der Waals surface area contributed by atoms with Gasteiger partial charge in [0.25, 0.3) is 0 Å². The molecule has 3 aromatic rings. The number of para-hydroxylation sites is 2. The average Bonchev–Trinajstić information content (AvgIpc) is 2.91. The number of anilines is 2. The van der Waals surface area contributed by atoms with Crippen molar-refractivity contribution >= 4 is 40.5 Å². The summed E-state index contributed by atoms with van der Waals surface area (Å²) in [4.78, 5) is 13.5. The fourth-order valence-corrected chi connectivity index (χ4v) is 6.07. The van der Waals surface area contributed by atoms with E-state index in [-0.39, 0.29) is 24.0 Å². The standard InChI is InChI=1S/C35H39Cl2NO3/c1-5-6-7-11-24-19-31(39)34(27-18-23(4)16-17-26(27)22(2)3)32(20-24)41-33(40)21-25-12-8-9-15-30(25)38-35-28(36)13-10-14-29(35)37/h8-10,12-15,18-20,26-27,38-39H,2,5-7,11,16-17,21H2,1,3-4H3. The van der Waals surface area contributed by atoms with Gasteiger partial charge in [0.05, 0.1) is 22.2 Å². The first kappa shape index (κ1) is 30.7. The van der Waals surface area contributed by atoms with Crippen molar-refractivity contribution in [3.8, 4) is 11.5 Å². The van der Waals surface area contributed by atoms with Crippen LogP contribution in [0.3, 0.4) is 0 Å². The number of unbranched alkanes of at least 4 members (excludes halogenated alkanes) is 2. The summed E-state index contributed by atoms with van der Waals surface area (Å²) in [5, 5.41) is 15.6. The molecule has 2 N–H and O–H groups in total. The highest BCUT2D eigenvalue weighted by Crippen LogP contribution is 2.47. The third-order valence-electron chi connectivity index (χ3n) is 7.76. The topological polar surface area (TPSA) is 58.6 Å². The fraction of sp³-hybridized carbons (Fsp3) is 0.343. The number of halogens is 2. The van der Waals surface area contributed by atoms with Gasteiger partial charge in [-0.1, -0.05) is 91.0 Å². The van der Waals surface area contributed by atoms with Gasteiger partial charge in [-0.2, -0.15) is 0 Å². The molecule has 0 saturated carbocycles. The fourth-order valence-electron chi connectivity index (χ4n) is 5.58. The number of ether oxygens (including phenoxy) is 1. The Morgan fingerprint density at radius 2 is 1.83 bits per heavy atom. The molecule has 216 valence electrons. The maximum atomic E-state index is 13.5. The van der Waals surface area contributed by atoms with Crippen LogP contribution >= 0.6 is 23.2 Å².